The van der Waals surface area contributed by atoms with Gasteiger partial charge in [0.05, 0.1) is 19.3 Å². The molecular weight excluding hydrogens is 384 g/mol. The SMILES string of the molecule is COc1ccc(CN2CC3(CCN(C(=O)O)CC3)OC(c3ccccc3)C2=O)cc1. The predicted octanol–water partition coefficient (Wildman–Crippen LogP) is 3.31. The number of benzene rings is 2. The molecule has 1 spiro atoms. The Bertz CT molecular complexity index is 892. The average molecular weight is 410 g/mol. The number of rotatable bonds is 4. The highest BCUT2D eigenvalue weighted by Crippen LogP contribution is 2.39. The topological polar surface area (TPSA) is 79.3 Å². The van der Waals surface area contributed by atoms with Crippen molar-refractivity contribution in [3.05, 3.63) is 65.7 Å². The van der Waals surface area contributed by atoms with Crippen LogP contribution in [0.3, 0.4) is 0 Å². The largest absolute Gasteiger partial charge is 0.497 e. The monoisotopic (exact) mass is 410 g/mol. The summed E-state index contributed by atoms with van der Waals surface area (Å²) < 4.78 is 11.6. The molecule has 2 aromatic carbocycles. The van der Waals surface area contributed by atoms with Gasteiger partial charge in [0.15, 0.2) is 6.10 Å². The molecule has 2 aliphatic rings. The molecule has 2 fully saturated rings. The van der Waals surface area contributed by atoms with Gasteiger partial charge in [-0.25, -0.2) is 4.79 Å². The van der Waals surface area contributed by atoms with Crippen LogP contribution >= 0.6 is 0 Å². The van der Waals surface area contributed by atoms with Gasteiger partial charge in [0.25, 0.3) is 5.91 Å². The Morgan fingerprint density at radius 2 is 1.80 bits per heavy atom. The van der Waals surface area contributed by atoms with Crippen molar-refractivity contribution in [2.24, 2.45) is 0 Å². The highest BCUT2D eigenvalue weighted by molar-refractivity contribution is 5.83. The van der Waals surface area contributed by atoms with Crippen LogP contribution in [0.25, 0.3) is 0 Å². The molecule has 7 nitrogen and oxygen atoms in total. The molecule has 30 heavy (non-hydrogen) atoms. The van der Waals surface area contributed by atoms with E-state index in [0.29, 0.717) is 39.0 Å². The second-order valence-electron chi connectivity index (χ2n) is 7.90. The third-order valence-corrected chi connectivity index (χ3v) is 5.96. The minimum atomic E-state index is -0.911. The zero-order chi connectivity index (χ0) is 21.1. The Balaban J connectivity index is 1.59. The smallest absolute Gasteiger partial charge is 0.407 e. The number of hydrogen-bond donors (Lipinski definition) is 1. The molecule has 2 heterocycles. The summed E-state index contributed by atoms with van der Waals surface area (Å²) in [5.74, 6) is 0.704. The summed E-state index contributed by atoms with van der Waals surface area (Å²) in [7, 11) is 1.62. The minimum Gasteiger partial charge on any atom is -0.497 e. The Kier molecular flexibility index (Phi) is 5.63. The van der Waals surface area contributed by atoms with E-state index >= 15 is 0 Å². The van der Waals surface area contributed by atoms with Crippen LogP contribution in [0.5, 0.6) is 5.75 Å². The second-order valence-corrected chi connectivity index (χ2v) is 7.90. The van der Waals surface area contributed by atoms with Gasteiger partial charge >= 0.3 is 6.09 Å². The van der Waals surface area contributed by atoms with Crippen LogP contribution in [-0.4, -0.2) is 59.3 Å². The number of carbonyl (C=O) groups excluding carboxylic acids is 1. The maximum Gasteiger partial charge on any atom is 0.407 e. The van der Waals surface area contributed by atoms with Gasteiger partial charge in [-0.15, -0.1) is 0 Å². The maximum absolute atomic E-state index is 13.3. The summed E-state index contributed by atoms with van der Waals surface area (Å²) in [6.45, 7) is 1.73. The molecular formula is C23H26N2O5. The molecule has 1 unspecified atom stereocenters. The minimum absolute atomic E-state index is 0.0664. The Hall–Kier alpha value is -3.06. The molecule has 7 heteroatoms. The van der Waals surface area contributed by atoms with E-state index in [1.54, 1.807) is 7.11 Å². The lowest BCUT2D eigenvalue weighted by Gasteiger charge is -2.49. The maximum atomic E-state index is 13.3. The first-order valence-corrected chi connectivity index (χ1v) is 10.1. The van der Waals surface area contributed by atoms with Gasteiger partial charge in [0.2, 0.25) is 0 Å². The average Bonchev–Trinajstić information content (AvgIpc) is 2.77. The summed E-state index contributed by atoms with van der Waals surface area (Å²) >= 11 is 0. The molecule has 2 aromatic rings. The van der Waals surface area contributed by atoms with E-state index in [4.69, 9.17) is 9.47 Å². The summed E-state index contributed by atoms with van der Waals surface area (Å²) in [4.78, 5) is 27.9. The number of ether oxygens (including phenoxy) is 2. The van der Waals surface area contributed by atoms with Crippen LogP contribution < -0.4 is 4.74 Å². The molecule has 2 saturated heterocycles. The normalized spacial score (nSPS) is 21.0. The zero-order valence-electron chi connectivity index (χ0n) is 17.0. The molecule has 0 aliphatic carbocycles. The summed E-state index contributed by atoms with van der Waals surface area (Å²) in [5.41, 5.74) is 1.28. The van der Waals surface area contributed by atoms with Crippen LogP contribution in [0.1, 0.15) is 30.1 Å². The van der Waals surface area contributed by atoms with Crippen molar-refractivity contribution < 1.29 is 24.2 Å². The number of morpholine rings is 1. The molecule has 0 radical (unpaired) electrons. The summed E-state index contributed by atoms with van der Waals surface area (Å²) in [5, 5.41) is 9.30. The zero-order valence-corrected chi connectivity index (χ0v) is 17.0. The van der Waals surface area contributed by atoms with E-state index in [2.05, 4.69) is 0 Å². The van der Waals surface area contributed by atoms with Crippen molar-refractivity contribution in [2.75, 3.05) is 26.7 Å². The van der Waals surface area contributed by atoms with Crippen molar-refractivity contribution in [3.8, 4) is 5.75 Å². The van der Waals surface area contributed by atoms with Crippen molar-refractivity contribution in [1.82, 2.24) is 9.80 Å². The van der Waals surface area contributed by atoms with Gasteiger partial charge in [0.1, 0.15) is 5.75 Å². The number of carbonyl (C=O) groups is 2. The Morgan fingerprint density at radius 3 is 2.40 bits per heavy atom. The standard InChI is InChI=1S/C23H26N2O5/c1-29-19-9-7-17(8-10-19)15-25-16-23(11-13-24(14-12-23)22(27)28)30-20(21(25)26)18-5-3-2-4-6-18/h2-10,20H,11-16H2,1H3,(H,27,28). The Morgan fingerprint density at radius 1 is 1.13 bits per heavy atom. The number of piperidine rings is 1. The fourth-order valence-corrected chi connectivity index (χ4v) is 4.23. The molecule has 0 saturated carbocycles. The van der Waals surface area contributed by atoms with Crippen LogP contribution in [-0.2, 0) is 16.1 Å². The van der Waals surface area contributed by atoms with Crippen molar-refractivity contribution in [2.45, 2.75) is 31.1 Å². The van der Waals surface area contributed by atoms with Gasteiger partial charge < -0.3 is 24.4 Å². The van der Waals surface area contributed by atoms with Crippen molar-refractivity contribution in [1.29, 1.82) is 0 Å². The fourth-order valence-electron chi connectivity index (χ4n) is 4.23. The third kappa shape index (κ3) is 4.11. The summed E-state index contributed by atoms with van der Waals surface area (Å²) in [6, 6.07) is 17.2. The van der Waals surface area contributed by atoms with E-state index in [0.717, 1.165) is 16.9 Å². The van der Waals surface area contributed by atoms with Crippen LogP contribution in [0.15, 0.2) is 54.6 Å². The first-order chi connectivity index (χ1) is 14.5. The summed E-state index contributed by atoms with van der Waals surface area (Å²) in [6.07, 6.45) is -0.467. The number of likely N-dealkylation sites (tertiary alicyclic amines) is 1. The van der Waals surface area contributed by atoms with E-state index < -0.39 is 17.8 Å². The number of methoxy groups -OCH3 is 1. The van der Waals surface area contributed by atoms with Gasteiger partial charge in [-0.05, 0) is 36.1 Å². The number of carboxylic acid groups (broad SMARTS) is 1. The number of hydrogen-bond acceptors (Lipinski definition) is 4. The molecule has 2 amide bonds. The quantitative estimate of drug-likeness (QED) is 0.837. The molecule has 0 aromatic heterocycles. The van der Waals surface area contributed by atoms with Gasteiger partial charge in [-0.2, -0.15) is 0 Å². The van der Waals surface area contributed by atoms with Crippen molar-refractivity contribution >= 4 is 12.0 Å². The lowest BCUT2D eigenvalue weighted by Crippen LogP contribution is -2.59. The van der Waals surface area contributed by atoms with Gasteiger partial charge in [-0.3, -0.25) is 4.79 Å². The fraction of sp³-hybridized carbons (Fsp3) is 0.391. The predicted molar refractivity (Wildman–Crippen MR) is 110 cm³/mol. The first kappa shape index (κ1) is 20.2. The van der Waals surface area contributed by atoms with Crippen molar-refractivity contribution in [3.63, 3.8) is 0 Å². The molecule has 1 atom stereocenters. The highest BCUT2D eigenvalue weighted by Gasteiger charge is 2.47. The van der Waals surface area contributed by atoms with E-state index in [1.807, 2.05) is 59.5 Å². The Labute approximate surface area is 175 Å². The second kappa shape index (κ2) is 8.36. The lowest BCUT2D eigenvalue weighted by molar-refractivity contribution is -0.194. The first-order valence-electron chi connectivity index (χ1n) is 10.1. The molecule has 2 aliphatic heterocycles. The highest BCUT2D eigenvalue weighted by atomic mass is 16.5. The van der Waals surface area contributed by atoms with Gasteiger partial charge in [0, 0.05) is 19.6 Å². The van der Waals surface area contributed by atoms with Crippen LogP contribution in [0.2, 0.25) is 0 Å². The van der Waals surface area contributed by atoms with Gasteiger partial charge in [-0.1, -0.05) is 42.5 Å². The third-order valence-electron chi connectivity index (χ3n) is 5.96. The van der Waals surface area contributed by atoms with Crippen LogP contribution in [0.4, 0.5) is 4.79 Å². The molecule has 0 bridgehead atoms. The lowest BCUT2D eigenvalue weighted by atomic mass is 9.87. The van der Waals surface area contributed by atoms with E-state index in [1.165, 1.54) is 4.90 Å². The van der Waals surface area contributed by atoms with Crippen LogP contribution in [0, 0.1) is 0 Å². The van der Waals surface area contributed by atoms with E-state index in [9.17, 15) is 14.7 Å². The molecule has 4 rings (SSSR count). The molecule has 1 N–H and O–H groups in total. The molecule has 158 valence electrons. The number of nitrogens with zero attached hydrogens (tertiary/aromatic N) is 2. The number of amides is 2. The van der Waals surface area contributed by atoms with E-state index in [-0.39, 0.29) is 5.91 Å².